The third-order valence-corrected chi connectivity index (χ3v) is 4.16. The van der Waals surface area contributed by atoms with Crippen molar-refractivity contribution < 1.29 is 4.68 Å². The number of aromatic nitrogens is 4. The van der Waals surface area contributed by atoms with Gasteiger partial charge in [-0.05, 0) is 50.6 Å². The Morgan fingerprint density at radius 1 is 1.38 bits per heavy atom. The molecule has 1 atom stereocenters. The van der Waals surface area contributed by atoms with Gasteiger partial charge >= 0.3 is 0 Å². The van der Waals surface area contributed by atoms with E-state index in [1.54, 1.807) is 12.1 Å². The lowest BCUT2D eigenvalue weighted by atomic mass is 10.2. The predicted molar refractivity (Wildman–Crippen MR) is 76.4 cm³/mol. The first-order valence-electron chi connectivity index (χ1n) is 7.24. The topological polar surface area (TPSA) is 61.6 Å². The smallest absolute Gasteiger partial charge is 0.276 e. The molecule has 6 nitrogen and oxygen atoms in total. The van der Waals surface area contributed by atoms with Crippen molar-refractivity contribution in [1.29, 1.82) is 5.26 Å². The van der Waals surface area contributed by atoms with E-state index >= 15 is 0 Å². The lowest BCUT2D eigenvalue weighted by molar-refractivity contribution is -0.739. The monoisotopic (exact) mass is 283 g/mol. The number of nitrogens with zero attached hydrogens (tertiary/aromatic N) is 6. The highest BCUT2D eigenvalue weighted by Gasteiger charge is 2.27. The molecule has 2 aromatic rings. The predicted octanol–water partition coefficient (Wildman–Crippen LogP) is 0.948. The van der Waals surface area contributed by atoms with Gasteiger partial charge in [-0.3, -0.25) is 4.90 Å². The fourth-order valence-electron chi connectivity index (χ4n) is 2.80. The zero-order chi connectivity index (χ0) is 14.8. The minimum absolute atomic E-state index is 0.606. The van der Waals surface area contributed by atoms with Crippen LogP contribution in [0.2, 0.25) is 0 Å². The van der Waals surface area contributed by atoms with Gasteiger partial charge in [0, 0.05) is 6.04 Å². The SMILES string of the molecule is CC1CCCN1Cc1n(-c2ccc(C#N)cc2)nn[n+]1C. The second-order valence-electron chi connectivity index (χ2n) is 5.55. The number of tetrazole rings is 1. The lowest BCUT2D eigenvalue weighted by Gasteiger charge is -2.18. The van der Waals surface area contributed by atoms with Gasteiger partial charge in [-0.2, -0.15) is 5.26 Å². The van der Waals surface area contributed by atoms with Gasteiger partial charge in [-0.1, -0.05) is 4.68 Å². The molecule has 0 amide bonds. The Kier molecular flexibility index (Phi) is 3.67. The molecular formula is C15H19N6+. The van der Waals surface area contributed by atoms with Crippen molar-refractivity contribution in [3.05, 3.63) is 35.7 Å². The summed E-state index contributed by atoms with van der Waals surface area (Å²) in [6.45, 7) is 4.23. The van der Waals surface area contributed by atoms with Crippen LogP contribution in [0.3, 0.4) is 0 Å². The van der Waals surface area contributed by atoms with Gasteiger partial charge in [0.2, 0.25) is 0 Å². The first kappa shape index (κ1) is 13.7. The maximum absolute atomic E-state index is 8.88. The summed E-state index contributed by atoms with van der Waals surface area (Å²) < 4.78 is 3.68. The average Bonchev–Trinajstić information content (AvgIpc) is 3.07. The maximum Gasteiger partial charge on any atom is 0.276 e. The standard InChI is InChI=1S/C15H19N6/c1-12-4-3-9-20(12)11-15-19(2)17-18-21(15)14-7-5-13(10-16)6-8-14/h5-8,12H,3-4,9,11H2,1-2H3/q+1. The molecule has 1 aliphatic heterocycles. The van der Waals surface area contributed by atoms with Crippen molar-refractivity contribution in [2.75, 3.05) is 6.54 Å². The average molecular weight is 283 g/mol. The number of nitriles is 1. The molecule has 21 heavy (non-hydrogen) atoms. The molecule has 1 saturated heterocycles. The van der Waals surface area contributed by atoms with E-state index in [-0.39, 0.29) is 0 Å². The Labute approximate surface area is 124 Å². The Morgan fingerprint density at radius 3 is 2.76 bits per heavy atom. The molecule has 1 aromatic carbocycles. The molecule has 2 heterocycles. The van der Waals surface area contributed by atoms with Crippen LogP contribution < -0.4 is 4.68 Å². The van der Waals surface area contributed by atoms with E-state index in [1.807, 2.05) is 28.5 Å². The maximum atomic E-state index is 8.88. The number of rotatable bonds is 3. The van der Waals surface area contributed by atoms with Crippen LogP contribution in [0, 0.1) is 11.3 Å². The molecule has 0 saturated carbocycles. The Morgan fingerprint density at radius 2 is 2.14 bits per heavy atom. The molecule has 3 rings (SSSR count). The molecule has 0 spiro atoms. The van der Waals surface area contributed by atoms with Crippen LogP contribution in [0.1, 0.15) is 31.2 Å². The fourth-order valence-corrected chi connectivity index (χ4v) is 2.80. The van der Waals surface area contributed by atoms with Gasteiger partial charge in [0.05, 0.1) is 25.2 Å². The summed E-state index contributed by atoms with van der Waals surface area (Å²) in [6.07, 6.45) is 2.51. The van der Waals surface area contributed by atoms with Gasteiger partial charge in [-0.25, -0.2) is 0 Å². The van der Waals surface area contributed by atoms with Crippen molar-refractivity contribution in [3.8, 4) is 11.8 Å². The van der Waals surface area contributed by atoms with Gasteiger partial charge in [0.15, 0.2) is 5.21 Å². The van der Waals surface area contributed by atoms with Gasteiger partial charge in [0.1, 0.15) is 10.9 Å². The Bertz CT molecular complexity index is 666. The zero-order valence-electron chi connectivity index (χ0n) is 12.4. The third kappa shape index (κ3) is 2.65. The van der Waals surface area contributed by atoms with Gasteiger partial charge in [-0.15, -0.1) is 4.68 Å². The zero-order valence-corrected chi connectivity index (χ0v) is 12.4. The van der Waals surface area contributed by atoms with Crippen molar-refractivity contribution in [2.45, 2.75) is 32.4 Å². The van der Waals surface area contributed by atoms with E-state index in [1.165, 1.54) is 12.8 Å². The van der Waals surface area contributed by atoms with Crippen molar-refractivity contribution >= 4 is 0 Å². The molecule has 1 aliphatic rings. The van der Waals surface area contributed by atoms with Crippen LogP contribution in [0.25, 0.3) is 5.69 Å². The summed E-state index contributed by atoms with van der Waals surface area (Å²) >= 11 is 0. The quantitative estimate of drug-likeness (QED) is 0.787. The molecule has 6 heteroatoms. The van der Waals surface area contributed by atoms with Gasteiger partial charge in [0.25, 0.3) is 5.82 Å². The minimum atomic E-state index is 0.606. The Balaban J connectivity index is 1.90. The normalized spacial score (nSPS) is 18.8. The summed E-state index contributed by atoms with van der Waals surface area (Å²) in [5.41, 5.74) is 1.59. The van der Waals surface area contributed by atoms with Crippen LogP contribution in [-0.2, 0) is 13.6 Å². The van der Waals surface area contributed by atoms with Crippen LogP contribution in [0.5, 0.6) is 0 Å². The highest BCUT2D eigenvalue weighted by molar-refractivity contribution is 5.38. The third-order valence-electron chi connectivity index (χ3n) is 4.16. The van der Waals surface area contributed by atoms with Crippen molar-refractivity contribution in [1.82, 2.24) is 20.0 Å². The van der Waals surface area contributed by atoms with Gasteiger partial charge < -0.3 is 0 Å². The Hall–Kier alpha value is -2.26. The molecule has 0 bridgehead atoms. The van der Waals surface area contributed by atoms with E-state index in [9.17, 15) is 0 Å². The van der Waals surface area contributed by atoms with Crippen molar-refractivity contribution in [2.24, 2.45) is 7.05 Å². The molecular weight excluding hydrogens is 264 g/mol. The van der Waals surface area contributed by atoms with E-state index < -0.39 is 0 Å². The summed E-state index contributed by atoms with van der Waals surface area (Å²) in [5.74, 6) is 1.05. The van der Waals surface area contributed by atoms with E-state index in [0.29, 0.717) is 11.6 Å². The molecule has 108 valence electrons. The first-order valence-corrected chi connectivity index (χ1v) is 7.24. The number of benzene rings is 1. The van der Waals surface area contributed by atoms with E-state index in [2.05, 4.69) is 28.3 Å². The lowest BCUT2D eigenvalue weighted by Crippen LogP contribution is -2.40. The van der Waals surface area contributed by atoms with Crippen LogP contribution >= 0.6 is 0 Å². The summed E-state index contributed by atoms with van der Waals surface area (Å²) in [7, 11) is 1.92. The largest absolute Gasteiger partial charge is 0.291 e. The van der Waals surface area contributed by atoms with E-state index in [4.69, 9.17) is 5.26 Å². The summed E-state index contributed by atoms with van der Waals surface area (Å²) in [4.78, 5) is 2.46. The molecule has 0 radical (unpaired) electrons. The highest BCUT2D eigenvalue weighted by Crippen LogP contribution is 2.19. The molecule has 0 aliphatic carbocycles. The van der Waals surface area contributed by atoms with Crippen LogP contribution in [0.15, 0.2) is 24.3 Å². The summed E-state index contributed by atoms with van der Waals surface area (Å²) in [6, 6.07) is 10.2. The first-order chi connectivity index (χ1) is 10.2. The fraction of sp³-hybridized carbons (Fsp3) is 0.467. The second kappa shape index (κ2) is 5.62. The number of hydrogen-bond donors (Lipinski definition) is 0. The summed E-state index contributed by atoms with van der Waals surface area (Å²) in [5, 5.41) is 17.3. The molecule has 1 fully saturated rings. The highest BCUT2D eigenvalue weighted by atomic mass is 15.6. The molecule has 1 aromatic heterocycles. The number of likely N-dealkylation sites (tertiary alicyclic amines) is 1. The molecule has 0 N–H and O–H groups in total. The minimum Gasteiger partial charge on any atom is -0.291 e. The molecule has 1 unspecified atom stereocenters. The number of hydrogen-bond acceptors (Lipinski definition) is 4. The van der Waals surface area contributed by atoms with Crippen LogP contribution in [-0.4, -0.2) is 32.6 Å². The second-order valence-corrected chi connectivity index (χ2v) is 5.55. The van der Waals surface area contributed by atoms with Crippen LogP contribution in [0.4, 0.5) is 0 Å². The van der Waals surface area contributed by atoms with Crippen molar-refractivity contribution in [3.63, 3.8) is 0 Å². The number of aryl methyl sites for hydroxylation is 1. The van der Waals surface area contributed by atoms with E-state index in [0.717, 1.165) is 24.6 Å².